The largest absolute Gasteiger partial charge is 0.465 e. The summed E-state index contributed by atoms with van der Waals surface area (Å²) < 4.78 is 4.84. The third-order valence-corrected chi connectivity index (χ3v) is 2.68. The van der Waals surface area contributed by atoms with E-state index in [-0.39, 0.29) is 11.1 Å². The van der Waals surface area contributed by atoms with Crippen molar-refractivity contribution in [2.45, 2.75) is 27.2 Å². The predicted octanol–water partition coefficient (Wildman–Crippen LogP) is 1.93. The Bertz CT molecular complexity index is 203. The van der Waals surface area contributed by atoms with Crippen molar-refractivity contribution in [3.63, 3.8) is 0 Å². The van der Waals surface area contributed by atoms with Gasteiger partial charge in [0.2, 0.25) is 0 Å². The normalized spacial score (nSPS) is 14.8. The molecule has 0 N–H and O–H groups in total. The Morgan fingerprint density at radius 2 is 1.92 bits per heavy atom. The molecule has 0 saturated carbocycles. The first kappa shape index (κ1) is 12.6. The highest BCUT2D eigenvalue weighted by Gasteiger charge is 2.39. The zero-order valence-corrected chi connectivity index (χ0v) is 9.81. The maximum absolute atomic E-state index is 11.4. The number of ketones is 1. The molecule has 0 rings (SSSR count). The first-order valence-electron chi connectivity index (χ1n) is 4.29. The quantitative estimate of drug-likeness (QED) is 0.426. The molecule has 0 spiro atoms. The SMILES string of the molecule is CCOC(=O)C(C)(CC)C(=O)CBr. The summed E-state index contributed by atoms with van der Waals surface area (Å²) in [6, 6.07) is 0. The maximum atomic E-state index is 11.4. The summed E-state index contributed by atoms with van der Waals surface area (Å²) in [5, 5.41) is 0.191. The number of hydrogen-bond donors (Lipinski definition) is 0. The summed E-state index contributed by atoms with van der Waals surface area (Å²) >= 11 is 3.05. The van der Waals surface area contributed by atoms with Gasteiger partial charge in [0.1, 0.15) is 5.41 Å². The van der Waals surface area contributed by atoms with Crippen LogP contribution in [0.1, 0.15) is 27.2 Å². The van der Waals surface area contributed by atoms with Crippen LogP contribution in [0.4, 0.5) is 0 Å². The number of carbonyl (C=O) groups excluding carboxylic acids is 2. The van der Waals surface area contributed by atoms with Gasteiger partial charge in [-0.2, -0.15) is 0 Å². The molecule has 76 valence electrons. The van der Waals surface area contributed by atoms with Gasteiger partial charge in [0.05, 0.1) is 11.9 Å². The number of carbonyl (C=O) groups is 2. The third-order valence-electron chi connectivity index (χ3n) is 2.17. The van der Waals surface area contributed by atoms with Gasteiger partial charge in [0, 0.05) is 0 Å². The van der Waals surface area contributed by atoms with Crippen LogP contribution in [0.15, 0.2) is 0 Å². The molecule has 0 aliphatic rings. The highest BCUT2D eigenvalue weighted by atomic mass is 79.9. The van der Waals surface area contributed by atoms with E-state index in [9.17, 15) is 9.59 Å². The lowest BCUT2D eigenvalue weighted by atomic mass is 9.84. The maximum Gasteiger partial charge on any atom is 0.319 e. The highest BCUT2D eigenvalue weighted by Crippen LogP contribution is 2.25. The Morgan fingerprint density at radius 3 is 2.23 bits per heavy atom. The molecule has 0 bridgehead atoms. The molecule has 3 nitrogen and oxygen atoms in total. The van der Waals surface area contributed by atoms with E-state index in [1.165, 1.54) is 0 Å². The Morgan fingerprint density at radius 1 is 1.38 bits per heavy atom. The zero-order chi connectivity index (χ0) is 10.5. The second-order valence-corrected chi connectivity index (χ2v) is 3.52. The number of alkyl halides is 1. The van der Waals surface area contributed by atoms with E-state index in [0.717, 1.165) is 0 Å². The standard InChI is InChI=1S/C9H15BrO3/c1-4-9(3,7(11)6-10)8(12)13-5-2/h4-6H2,1-3H3. The molecule has 0 aliphatic heterocycles. The van der Waals surface area contributed by atoms with Crippen molar-refractivity contribution >= 4 is 27.7 Å². The molecular weight excluding hydrogens is 236 g/mol. The summed E-state index contributed by atoms with van der Waals surface area (Å²) in [4.78, 5) is 22.9. The van der Waals surface area contributed by atoms with Crippen LogP contribution in [-0.4, -0.2) is 23.7 Å². The molecule has 4 heteroatoms. The Hall–Kier alpha value is -0.380. The molecule has 0 aromatic carbocycles. The summed E-state index contributed by atoms with van der Waals surface area (Å²) in [6.07, 6.45) is 0.469. The van der Waals surface area contributed by atoms with Gasteiger partial charge in [-0.25, -0.2) is 0 Å². The van der Waals surface area contributed by atoms with Gasteiger partial charge in [-0.15, -0.1) is 0 Å². The first-order valence-corrected chi connectivity index (χ1v) is 5.41. The summed E-state index contributed by atoms with van der Waals surface area (Å²) in [6.45, 7) is 5.46. The van der Waals surface area contributed by atoms with Crippen molar-refractivity contribution in [2.75, 3.05) is 11.9 Å². The topological polar surface area (TPSA) is 43.4 Å². The minimum absolute atomic E-state index is 0.131. The average molecular weight is 251 g/mol. The number of rotatable bonds is 5. The number of esters is 1. The fourth-order valence-corrected chi connectivity index (χ4v) is 1.51. The molecule has 0 saturated heterocycles. The van der Waals surface area contributed by atoms with Crippen LogP contribution >= 0.6 is 15.9 Å². The highest BCUT2D eigenvalue weighted by molar-refractivity contribution is 9.09. The molecule has 0 amide bonds. The van der Waals surface area contributed by atoms with E-state index < -0.39 is 11.4 Å². The van der Waals surface area contributed by atoms with Gasteiger partial charge in [-0.05, 0) is 20.3 Å². The smallest absolute Gasteiger partial charge is 0.319 e. The second kappa shape index (κ2) is 5.37. The second-order valence-electron chi connectivity index (χ2n) is 2.96. The van der Waals surface area contributed by atoms with Crippen LogP contribution in [0.25, 0.3) is 0 Å². The lowest BCUT2D eigenvalue weighted by Crippen LogP contribution is -2.38. The van der Waals surface area contributed by atoms with Crippen LogP contribution in [0.3, 0.4) is 0 Å². The van der Waals surface area contributed by atoms with E-state index in [0.29, 0.717) is 13.0 Å². The lowest BCUT2D eigenvalue weighted by molar-refractivity contribution is -0.158. The van der Waals surface area contributed by atoms with Gasteiger partial charge >= 0.3 is 5.97 Å². The zero-order valence-electron chi connectivity index (χ0n) is 8.22. The third kappa shape index (κ3) is 2.79. The van der Waals surface area contributed by atoms with Crippen molar-refractivity contribution < 1.29 is 14.3 Å². The van der Waals surface area contributed by atoms with Gasteiger partial charge in [0.25, 0.3) is 0 Å². The van der Waals surface area contributed by atoms with Crippen LogP contribution in [0.5, 0.6) is 0 Å². The molecule has 0 heterocycles. The first-order chi connectivity index (χ1) is 6.02. The predicted molar refractivity (Wildman–Crippen MR) is 53.8 cm³/mol. The molecule has 1 atom stereocenters. The molecule has 1 unspecified atom stereocenters. The monoisotopic (exact) mass is 250 g/mol. The van der Waals surface area contributed by atoms with Gasteiger partial charge in [0.15, 0.2) is 5.78 Å². The van der Waals surface area contributed by atoms with Gasteiger partial charge in [-0.3, -0.25) is 9.59 Å². The molecular formula is C9H15BrO3. The van der Waals surface area contributed by atoms with Crippen LogP contribution in [-0.2, 0) is 14.3 Å². The Balaban J connectivity index is 4.61. The van der Waals surface area contributed by atoms with Crippen LogP contribution < -0.4 is 0 Å². The molecule has 0 aliphatic carbocycles. The van der Waals surface area contributed by atoms with Crippen molar-refractivity contribution in [1.29, 1.82) is 0 Å². The Kier molecular flexibility index (Phi) is 5.21. The number of Topliss-reactive ketones (excluding diaryl/α,β-unsaturated/α-hetero) is 1. The lowest BCUT2D eigenvalue weighted by Gasteiger charge is -2.22. The van der Waals surface area contributed by atoms with Crippen molar-refractivity contribution in [1.82, 2.24) is 0 Å². The van der Waals surface area contributed by atoms with Crippen LogP contribution in [0.2, 0.25) is 0 Å². The summed E-state index contributed by atoms with van der Waals surface area (Å²) in [5.74, 6) is -0.560. The van der Waals surface area contributed by atoms with Crippen LogP contribution in [0, 0.1) is 5.41 Å². The molecule has 0 aromatic heterocycles. The van der Waals surface area contributed by atoms with E-state index in [1.54, 1.807) is 20.8 Å². The van der Waals surface area contributed by atoms with Crippen molar-refractivity contribution in [3.05, 3.63) is 0 Å². The summed E-state index contributed by atoms with van der Waals surface area (Å²) in [7, 11) is 0. The average Bonchev–Trinajstić information content (AvgIpc) is 2.15. The minimum Gasteiger partial charge on any atom is -0.465 e. The van der Waals surface area contributed by atoms with Crippen molar-refractivity contribution in [2.24, 2.45) is 5.41 Å². The van der Waals surface area contributed by atoms with E-state index in [1.807, 2.05) is 0 Å². The van der Waals surface area contributed by atoms with E-state index >= 15 is 0 Å². The molecule has 0 radical (unpaired) electrons. The van der Waals surface area contributed by atoms with Crippen molar-refractivity contribution in [3.8, 4) is 0 Å². The number of halogens is 1. The molecule has 0 fully saturated rings. The fraction of sp³-hybridized carbons (Fsp3) is 0.778. The van der Waals surface area contributed by atoms with E-state index in [4.69, 9.17) is 4.74 Å². The summed E-state index contributed by atoms with van der Waals surface area (Å²) in [5.41, 5.74) is -0.987. The number of hydrogen-bond acceptors (Lipinski definition) is 3. The molecule has 13 heavy (non-hydrogen) atoms. The Labute approximate surface area is 87.0 Å². The molecule has 0 aromatic rings. The fourth-order valence-electron chi connectivity index (χ4n) is 0.893. The minimum atomic E-state index is -0.987. The van der Waals surface area contributed by atoms with E-state index in [2.05, 4.69) is 15.9 Å². The number of ether oxygens (including phenoxy) is 1. The van der Waals surface area contributed by atoms with Gasteiger partial charge in [-0.1, -0.05) is 22.9 Å². The van der Waals surface area contributed by atoms with Gasteiger partial charge < -0.3 is 4.74 Å².